The molecule has 0 saturated heterocycles. The van der Waals surface area contributed by atoms with E-state index in [0.29, 0.717) is 0 Å². The molecule has 0 amide bonds. The third kappa shape index (κ3) is 4.10. The van der Waals surface area contributed by atoms with Gasteiger partial charge in [-0.05, 0) is 16.7 Å². The van der Waals surface area contributed by atoms with Crippen molar-refractivity contribution in [3.63, 3.8) is 0 Å². The van der Waals surface area contributed by atoms with Crippen LogP contribution in [0.15, 0.2) is 91.0 Å². The van der Waals surface area contributed by atoms with Crippen molar-refractivity contribution in [2.24, 2.45) is 5.73 Å². The van der Waals surface area contributed by atoms with Crippen LogP contribution in [-0.2, 0) is 19.9 Å². The molecule has 5 heteroatoms. The second kappa shape index (κ2) is 9.78. The van der Waals surface area contributed by atoms with Gasteiger partial charge in [-0.3, -0.25) is 0 Å². The number of ether oxygens (including phenoxy) is 1. The van der Waals surface area contributed by atoms with Crippen LogP contribution in [0.4, 0.5) is 0 Å². The van der Waals surface area contributed by atoms with Crippen molar-refractivity contribution in [2.45, 2.75) is 23.9 Å². The number of methoxy groups -OCH3 is 1. The molecule has 152 valence electrons. The zero-order valence-corrected chi connectivity index (χ0v) is 16.6. The molecule has 5 nitrogen and oxygen atoms in total. The van der Waals surface area contributed by atoms with Crippen LogP contribution < -0.4 is 5.73 Å². The van der Waals surface area contributed by atoms with Gasteiger partial charge >= 0.3 is 0 Å². The molecule has 3 aromatic rings. The minimum absolute atomic E-state index is 0.902. The smallest absolute Gasteiger partial charge is 0.208 e. The maximum atomic E-state index is 11.8. The number of benzene rings is 3. The maximum Gasteiger partial charge on any atom is 0.208 e. The van der Waals surface area contributed by atoms with Crippen molar-refractivity contribution in [3.8, 4) is 0 Å². The Morgan fingerprint density at radius 2 is 1.10 bits per heavy atom. The molecular weight excluding hydrogens is 366 g/mol. The summed E-state index contributed by atoms with van der Waals surface area (Å²) in [7, 11) is 2.84. The number of aliphatic hydroxyl groups excluding tert-OH is 1. The minimum atomic E-state index is -1.09. The van der Waals surface area contributed by atoms with E-state index >= 15 is 0 Å². The van der Waals surface area contributed by atoms with E-state index in [2.05, 4.69) is 0 Å². The van der Waals surface area contributed by atoms with Crippen LogP contribution in [0.2, 0.25) is 0 Å². The molecule has 0 aromatic heterocycles. The number of rotatable bonds is 9. The molecule has 3 aromatic carbocycles. The Kier molecular flexibility index (Phi) is 7.14. The highest BCUT2D eigenvalue weighted by molar-refractivity contribution is 5.52. The van der Waals surface area contributed by atoms with Gasteiger partial charge in [-0.25, -0.2) is 9.78 Å². The summed E-state index contributed by atoms with van der Waals surface area (Å²) >= 11 is 0. The van der Waals surface area contributed by atoms with E-state index in [9.17, 15) is 5.11 Å². The van der Waals surface area contributed by atoms with Crippen molar-refractivity contribution in [1.29, 1.82) is 0 Å². The maximum absolute atomic E-state index is 11.8. The first-order valence-corrected chi connectivity index (χ1v) is 9.48. The van der Waals surface area contributed by atoms with Crippen LogP contribution in [0, 0.1) is 0 Å². The lowest BCUT2D eigenvalue weighted by Crippen LogP contribution is -2.57. The Morgan fingerprint density at radius 1 is 0.724 bits per heavy atom. The molecule has 3 unspecified atom stereocenters. The van der Waals surface area contributed by atoms with Crippen molar-refractivity contribution in [3.05, 3.63) is 108 Å². The van der Waals surface area contributed by atoms with Gasteiger partial charge in [0.2, 0.25) is 6.29 Å². The summed E-state index contributed by atoms with van der Waals surface area (Å²) in [5.74, 6) is 0. The number of nitrogens with two attached hydrogens (primary N) is 1. The minimum Gasteiger partial charge on any atom is -0.390 e. The van der Waals surface area contributed by atoms with Crippen molar-refractivity contribution in [1.82, 2.24) is 0 Å². The predicted octanol–water partition coefficient (Wildman–Crippen LogP) is 3.26. The molecule has 0 spiro atoms. The van der Waals surface area contributed by atoms with Crippen LogP contribution in [0.1, 0.15) is 16.7 Å². The zero-order valence-electron chi connectivity index (χ0n) is 16.6. The van der Waals surface area contributed by atoms with E-state index in [1.54, 1.807) is 0 Å². The number of aliphatic hydroxyl groups is 1. The van der Waals surface area contributed by atoms with E-state index in [1.807, 2.05) is 91.0 Å². The van der Waals surface area contributed by atoms with Gasteiger partial charge in [0, 0.05) is 7.11 Å². The summed E-state index contributed by atoms with van der Waals surface area (Å²) in [4.78, 5) is 9.95. The molecule has 3 rings (SSSR count). The standard InChI is InChI=1S/C24H27NO4/c1-27-23(29-28-2)21(25)22(26)24(18-12-6-3-7-13-18,19-14-8-4-9-15-19)20-16-10-5-11-17-20/h3-17,21-23,26H,25H2,1-2H3. The highest BCUT2D eigenvalue weighted by atomic mass is 17.2. The van der Waals surface area contributed by atoms with Gasteiger partial charge in [-0.15, -0.1) is 0 Å². The lowest BCUT2D eigenvalue weighted by molar-refractivity contribution is -0.367. The van der Waals surface area contributed by atoms with Gasteiger partial charge in [0.15, 0.2) is 0 Å². The normalized spacial score (nSPS) is 14.9. The van der Waals surface area contributed by atoms with Crippen LogP contribution in [0.5, 0.6) is 0 Å². The summed E-state index contributed by atoms with van der Waals surface area (Å²) in [6, 6.07) is 28.6. The Morgan fingerprint density at radius 3 is 1.41 bits per heavy atom. The van der Waals surface area contributed by atoms with Gasteiger partial charge < -0.3 is 15.6 Å². The van der Waals surface area contributed by atoms with E-state index in [4.69, 9.17) is 20.2 Å². The van der Waals surface area contributed by atoms with Gasteiger partial charge in [-0.1, -0.05) is 91.0 Å². The topological polar surface area (TPSA) is 73.9 Å². The summed E-state index contributed by atoms with van der Waals surface area (Å²) in [6.45, 7) is 0. The molecule has 0 heterocycles. The molecule has 0 radical (unpaired) electrons. The first-order valence-electron chi connectivity index (χ1n) is 9.48. The molecule has 0 bridgehead atoms. The third-order valence-corrected chi connectivity index (χ3v) is 5.23. The summed E-state index contributed by atoms with van der Waals surface area (Å²) in [5, 5.41) is 11.8. The van der Waals surface area contributed by atoms with Crippen LogP contribution in [-0.4, -0.2) is 37.8 Å². The Hall–Kier alpha value is -2.54. The lowest BCUT2D eigenvalue weighted by Gasteiger charge is -2.43. The molecule has 3 atom stereocenters. The fourth-order valence-electron chi connectivity index (χ4n) is 3.91. The molecule has 0 aliphatic carbocycles. The summed E-state index contributed by atoms with van der Waals surface area (Å²) in [6.07, 6.45) is -2.04. The highest BCUT2D eigenvalue weighted by Crippen LogP contribution is 2.43. The Bertz CT molecular complexity index is 761. The molecule has 0 aliphatic rings. The van der Waals surface area contributed by atoms with Gasteiger partial charge in [0.1, 0.15) is 0 Å². The molecule has 0 fully saturated rings. The Labute approximate surface area is 171 Å². The molecule has 0 saturated carbocycles. The summed E-state index contributed by atoms with van der Waals surface area (Å²) < 4.78 is 5.34. The van der Waals surface area contributed by atoms with Crippen molar-refractivity contribution in [2.75, 3.05) is 14.2 Å². The summed E-state index contributed by atoms with van der Waals surface area (Å²) in [5.41, 5.74) is 8.26. The second-order valence-corrected chi connectivity index (χ2v) is 6.80. The SMILES string of the molecule is COOC(OC)C(N)C(O)C(c1ccccc1)(c1ccccc1)c1ccccc1. The molecule has 3 N–H and O–H groups in total. The molecule has 0 aliphatic heterocycles. The first-order chi connectivity index (χ1) is 14.2. The van der Waals surface area contributed by atoms with Gasteiger partial charge in [0.05, 0.1) is 24.7 Å². The number of hydrogen-bond donors (Lipinski definition) is 2. The largest absolute Gasteiger partial charge is 0.390 e. The highest BCUT2D eigenvalue weighted by Gasteiger charge is 2.48. The van der Waals surface area contributed by atoms with Gasteiger partial charge in [0.25, 0.3) is 0 Å². The quantitative estimate of drug-likeness (QED) is 0.253. The van der Waals surface area contributed by atoms with Crippen LogP contribution in [0.3, 0.4) is 0 Å². The first kappa shape index (κ1) is 21.2. The van der Waals surface area contributed by atoms with Crippen molar-refractivity contribution >= 4 is 0 Å². The lowest BCUT2D eigenvalue weighted by atomic mass is 9.64. The van der Waals surface area contributed by atoms with Crippen LogP contribution in [0.25, 0.3) is 0 Å². The molecular formula is C24H27NO4. The molecule has 29 heavy (non-hydrogen) atoms. The van der Waals surface area contributed by atoms with Crippen molar-refractivity contribution < 1.29 is 19.6 Å². The third-order valence-electron chi connectivity index (χ3n) is 5.23. The van der Waals surface area contributed by atoms with Crippen LogP contribution >= 0.6 is 0 Å². The Balaban J connectivity index is 2.28. The van der Waals surface area contributed by atoms with E-state index in [1.165, 1.54) is 14.2 Å². The fraction of sp³-hybridized carbons (Fsp3) is 0.250. The monoisotopic (exact) mass is 393 g/mol. The fourth-order valence-corrected chi connectivity index (χ4v) is 3.91. The number of hydrogen-bond acceptors (Lipinski definition) is 5. The van der Waals surface area contributed by atoms with E-state index in [0.717, 1.165) is 16.7 Å². The van der Waals surface area contributed by atoms with E-state index < -0.39 is 23.9 Å². The van der Waals surface area contributed by atoms with E-state index in [-0.39, 0.29) is 0 Å². The van der Waals surface area contributed by atoms with Gasteiger partial charge in [-0.2, -0.15) is 0 Å². The zero-order chi connectivity index (χ0) is 20.7. The second-order valence-electron chi connectivity index (χ2n) is 6.80. The average molecular weight is 393 g/mol. The average Bonchev–Trinajstić information content (AvgIpc) is 2.79. The predicted molar refractivity (Wildman–Crippen MR) is 112 cm³/mol.